The van der Waals surface area contributed by atoms with Gasteiger partial charge >= 0.3 is 0 Å². The average Bonchev–Trinajstić information content (AvgIpc) is 3.10. The lowest BCUT2D eigenvalue weighted by atomic mass is 10.1. The molecule has 9 heteroatoms. The van der Waals surface area contributed by atoms with Crippen molar-refractivity contribution in [2.75, 3.05) is 0 Å². The van der Waals surface area contributed by atoms with Gasteiger partial charge in [-0.15, -0.1) is 0 Å². The Morgan fingerprint density at radius 2 is 2.25 bits per heavy atom. The van der Waals surface area contributed by atoms with Crippen LogP contribution in [0.15, 0.2) is 24.5 Å². The largest absolute Gasteiger partial charge is 0.372 e. The van der Waals surface area contributed by atoms with Crippen LogP contribution in [0.4, 0.5) is 10.1 Å². The molecule has 0 bridgehead atoms. The Morgan fingerprint density at radius 1 is 1.46 bits per heavy atom. The Labute approximate surface area is 137 Å². The predicted molar refractivity (Wildman–Crippen MR) is 83.8 cm³/mol. The first-order chi connectivity index (χ1) is 11.4. The molecule has 0 spiro atoms. The van der Waals surface area contributed by atoms with Crippen LogP contribution in [0.2, 0.25) is 0 Å². The number of aryl methyl sites for hydroxylation is 1. The van der Waals surface area contributed by atoms with Crippen LogP contribution in [0.3, 0.4) is 0 Å². The summed E-state index contributed by atoms with van der Waals surface area (Å²) in [6.45, 7) is 0.118. The van der Waals surface area contributed by atoms with E-state index < -0.39 is 11.1 Å². The number of non-ortho nitro benzene ring substituents is 1. The molecule has 1 heterocycles. The van der Waals surface area contributed by atoms with E-state index in [0.29, 0.717) is 17.0 Å². The van der Waals surface area contributed by atoms with Gasteiger partial charge < -0.3 is 10.5 Å². The highest BCUT2D eigenvalue weighted by Gasteiger charge is 2.32. The fourth-order valence-electron chi connectivity index (χ4n) is 2.83. The predicted octanol–water partition coefficient (Wildman–Crippen LogP) is 1.73. The monoisotopic (exact) mass is 335 g/mol. The topological polar surface area (TPSA) is 109 Å². The van der Waals surface area contributed by atoms with Crippen LogP contribution < -0.4 is 5.73 Å². The molecule has 24 heavy (non-hydrogen) atoms. The number of aromatic nitrogens is 3. The standard InChI is InChI=1S/C15H18FN5O3/c1-20-8-18-15(19-20)10-2-9(3-12(4-10)21(22)23)7-24-14-6-11(16)5-13(14)17/h2-4,8,11,13-14H,5-7,17H2,1H3/t11-,13-,14-/m1/s1. The molecule has 2 N–H and O–H groups in total. The first kappa shape index (κ1) is 16.5. The number of hydrogen-bond donors (Lipinski definition) is 1. The summed E-state index contributed by atoms with van der Waals surface area (Å²) in [7, 11) is 1.72. The van der Waals surface area contributed by atoms with Gasteiger partial charge in [-0.25, -0.2) is 9.37 Å². The third-order valence-electron chi connectivity index (χ3n) is 4.00. The van der Waals surface area contributed by atoms with Gasteiger partial charge in [0.25, 0.3) is 5.69 Å². The number of hydrogen-bond acceptors (Lipinski definition) is 6. The normalized spacial score (nSPS) is 23.5. The molecule has 0 saturated heterocycles. The van der Waals surface area contributed by atoms with E-state index in [2.05, 4.69) is 10.1 Å². The Morgan fingerprint density at radius 3 is 2.83 bits per heavy atom. The van der Waals surface area contributed by atoms with E-state index in [9.17, 15) is 14.5 Å². The van der Waals surface area contributed by atoms with Gasteiger partial charge in [0, 0.05) is 37.2 Å². The van der Waals surface area contributed by atoms with Gasteiger partial charge in [0.15, 0.2) is 5.82 Å². The maximum absolute atomic E-state index is 13.3. The third-order valence-corrected chi connectivity index (χ3v) is 4.00. The smallest absolute Gasteiger partial charge is 0.270 e. The van der Waals surface area contributed by atoms with E-state index in [1.54, 1.807) is 13.1 Å². The van der Waals surface area contributed by atoms with Crippen LogP contribution >= 0.6 is 0 Å². The quantitative estimate of drug-likeness (QED) is 0.658. The van der Waals surface area contributed by atoms with E-state index in [4.69, 9.17) is 10.5 Å². The highest BCUT2D eigenvalue weighted by molar-refractivity contribution is 5.60. The zero-order chi connectivity index (χ0) is 17.3. The van der Waals surface area contributed by atoms with Crippen molar-refractivity contribution >= 4 is 5.69 Å². The first-order valence-electron chi connectivity index (χ1n) is 7.58. The summed E-state index contributed by atoms with van der Waals surface area (Å²) in [4.78, 5) is 14.8. The summed E-state index contributed by atoms with van der Waals surface area (Å²) in [5.41, 5.74) is 6.90. The maximum Gasteiger partial charge on any atom is 0.270 e. The van der Waals surface area contributed by atoms with Gasteiger partial charge in [-0.2, -0.15) is 5.10 Å². The molecule has 8 nitrogen and oxygen atoms in total. The van der Waals surface area contributed by atoms with Crippen LogP contribution in [-0.2, 0) is 18.4 Å². The maximum atomic E-state index is 13.3. The number of nitrogens with zero attached hydrogens (tertiary/aromatic N) is 4. The zero-order valence-corrected chi connectivity index (χ0v) is 13.1. The molecule has 3 atom stereocenters. The van der Waals surface area contributed by atoms with Crippen LogP contribution in [-0.4, -0.2) is 38.0 Å². The fourth-order valence-corrected chi connectivity index (χ4v) is 2.83. The van der Waals surface area contributed by atoms with Crippen LogP contribution in [0.25, 0.3) is 11.4 Å². The second-order valence-corrected chi connectivity index (χ2v) is 5.97. The van der Waals surface area contributed by atoms with Crippen molar-refractivity contribution in [1.82, 2.24) is 14.8 Å². The van der Waals surface area contributed by atoms with Crippen molar-refractivity contribution in [3.63, 3.8) is 0 Å². The number of alkyl halides is 1. The summed E-state index contributed by atoms with van der Waals surface area (Å²) >= 11 is 0. The number of nitro groups is 1. The molecule has 0 amide bonds. The minimum Gasteiger partial charge on any atom is -0.372 e. The molecule has 1 aliphatic rings. The second kappa shape index (κ2) is 6.62. The van der Waals surface area contributed by atoms with Crippen LogP contribution in [0, 0.1) is 10.1 Å². The molecule has 1 saturated carbocycles. The highest BCUT2D eigenvalue weighted by atomic mass is 19.1. The highest BCUT2D eigenvalue weighted by Crippen LogP contribution is 2.27. The molecule has 1 aliphatic carbocycles. The van der Waals surface area contributed by atoms with Crippen LogP contribution in [0.1, 0.15) is 18.4 Å². The average molecular weight is 335 g/mol. The van der Waals surface area contributed by atoms with E-state index in [1.165, 1.54) is 23.1 Å². The Hall–Kier alpha value is -2.39. The van der Waals surface area contributed by atoms with E-state index >= 15 is 0 Å². The molecule has 128 valence electrons. The first-order valence-corrected chi connectivity index (χ1v) is 7.58. The van der Waals surface area contributed by atoms with E-state index in [1.807, 2.05) is 0 Å². The molecule has 1 aromatic heterocycles. The molecule has 2 aromatic rings. The Kier molecular flexibility index (Phi) is 4.54. The molecule has 1 aromatic carbocycles. The Bertz CT molecular complexity index is 750. The summed E-state index contributed by atoms with van der Waals surface area (Å²) in [6.07, 6.45) is 0.718. The molecule has 1 fully saturated rings. The number of halogens is 1. The molecular formula is C15H18FN5O3. The summed E-state index contributed by atoms with van der Waals surface area (Å²) in [5, 5.41) is 15.3. The van der Waals surface area contributed by atoms with E-state index in [0.717, 1.165) is 0 Å². The lowest BCUT2D eigenvalue weighted by Crippen LogP contribution is -2.31. The number of nitro benzene ring substituents is 1. The molecular weight excluding hydrogens is 317 g/mol. The molecule has 0 unspecified atom stereocenters. The number of ether oxygens (including phenoxy) is 1. The number of nitrogens with two attached hydrogens (primary N) is 1. The van der Waals surface area contributed by atoms with Gasteiger partial charge in [-0.1, -0.05) is 0 Å². The van der Waals surface area contributed by atoms with Gasteiger partial charge in [0.05, 0.1) is 17.6 Å². The number of rotatable bonds is 5. The van der Waals surface area contributed by atoms with Crippen molar-refractivity contribution in [1.29, 1.82) is 0 Å². The van der Waals surface area contributed by atoms with Crippen molar-refractivity contribution in [3.05, 3.63) is 40.2 Å². The van der Waals surface area contributed by atoms with Gasteiger partial charge in [-0.3, -0.25) is 14.8 Å². The fraction of sp³-hybridized carbons (Fsp3) is 0.467. The second-order valence-electron chi connectivity index (χ2n) is 5.97. The van der Waals surface area contributed by atoms with Crippen molar-refractivity contribution in [2.24, 2.45) is 12.8 Å². The van der Waals surface area contributed by atoms with Gasteiger partial charge in [0.2, 0.25) is 0 Å². The molecule has 0 aliphatic heterocycles. The lowest BCUT2D eigenvalue weighted by Gasteiger charge is -2.16. The van der Waals surface area contributed by atoms with Gasteiger partial charge in [0.1, 0.15) is 12.5 Å². The third kappa shape index (κ3) is 3.57. The van der Waals surface area contributed by atoms with Gasteiger partial charge in [-0.05, 0) is 18.1 Å². The van der Waals surface area contributed by atoms with Crippen molar-refractivity contribution < 1.29 is 14.1 Å². The molecule has 3 rings (SSSR count). The van der Waals surface area contributed by atoms with E-state index in [-0.39, 0.29) is 37.3 Å². The summed E-state index contributed by atoms with van der Waals surface area (Å²) in [6, 6.07) is 4.23. The summed E-state index contributed by atoms with van der Waals surface area (Å²) in [5.74, 6) is 0.392. The minimum atomic E-state index is -0.955. The SMILES string of the molecule is Cn1cnc(-c2cc(CO[C@@H]3C[C@H](F)C[C@H]3N)cc([N+](=O)[O-])c2)n1. The number of benzene rings is 1. The van der Waals surface area contributed by atoms with Crippen molar-refractivity contribution in [2.45, 2.75) is 37.8 Å². The Balaban J connectivity index is 1.81. The molecule has 0 radical (unpaired) electrons. The zero-order valence-electron chi connectivity index (χ0n) is 13.1. The minimum absolute atomic E-state index is 0.0716. The van der Waals surface area contributed by atoms with Crippen molar-refractivity contribution in [3.8, 4) is 11.4 Å². The lowest BCUT2D eigenvalue weighted by molar-refractivity contribution is -0.384. The summed E-state index contributed by atoms with van der Waals surface area (Å²) < 4.78 is 20.5. The van der Waals surface area contributed by atoms with Crippen LogP contribution in [0.5, 0.6) is 0 Å².